The summed E-state index contributed by atoms with van der Waals surface area (Å²) >= 11 is 0. The summed E-state index contributed by atoms with van der Waals surface area (Å²) in [6, 6.07) is 8.27. The molecular weight excluding hydrogens is 404 g/mol. The summed E-state index contributed by atoms with van der Waals surface area (Å²) in [6.07, 6.45) is 4.94. The highest BCUT2D eigenvalue weighted by molar-refractivity contribution is 5.76. The molecule has 6 heteroatoms. The van der Waals surface area contributed by atoms with Gasteiger partial charge in [-0.2, -0.15) is 0 Å². The van der Waals surface area contributed by atoms with Crippen LogP contribution in [0, 0.1) is 23.2 Å². The molecule has 3 saturated heterocycles. The number of hydrogen-bond acceptors (Lipinski definition) is 6. The van der Waals surface area contributed by atoms with Crippen LogP contribution in [0.15, 0.2) is 24.3 Å². The lowest BCUT2D eigenvalue weighted by Crippen LogP contribution is -2.55. The second-order valence-corrected chi connectivity index (χ2v) is 11.0. The Labute approximate surface area is 191 Å². The highest BCUT2D eigenvalue weighted by Gasteiger charge is 2.78. The van der Waals surface area contributed by atoms with Gasteiger partial charge in [0.15, 0.2) is 0 Å². The summed E-state index contributed by atoms with van der Waals surface area (Å²) < 4.78 is 18.0. The number of piperazine rings is 1. The van der Waals surface area contributed by atoms with Crippen molar-refractivity contribution >= 4 is 11.7 Å². The predicted molar refractivity (Wildman–Crippen MR) is 122 cm³/mol. The maximum atomic E-state index is 13.0. The van der Waals surface area contributed by atoms with Crippen molar-refractivity contribution in [3.8, 4) is 5.75 Å². The third-order valence-electron chi connectivity index (χ3n) is 9.44. The van der Waals surface area contributed by atoms with Gasteiger partial charge in [-0.15, -0.1) is 0 Å². The molecule has 7 atom stereocenters. The Kier molecular flexibility index (Phi) is 4.78. The Morgan fingerprint density at radius 2 is 2.03 bits per heavy atom. The number of rotatable bonds is 4. The molecule has 0 aromatic heterocycles. The van der Waals surface area contributed by atoms with Crippen LogP contribution in [0.2, 0.25) is 0 Å². The molecule has 32 heavy (non-hydrogen) atoms. The molecule has 1 aromatic rings. The number of carbonyl (C=O) groups excluding carboxylic acids is 1. The van der Waals surface area contributed by atoms with Crippen LogP contribution in [0.5, 0.6) is 5.75 Å². The third kappa shape index (κ3) is 2.95. The molecule has 6 nitrogen and oxygen atoms in total. The van der Waals surface area contributed by atoms with Crippen LogP contribution in [0.25, 0.3) is 0 Å². The van der Waals surface area contributed by atoms with Crippen LogP contribution in [-0.2, 0) is 14.3 Å². The maximum Gasteiger partial charge on any atom is 0.311 e. The second kappa shape index (κ2) is 7.36. The average Bonchev–Trinajstić information content (AvgIpc) is 3.48. The van der Waals surface area contributed by atoms with Crippen LogP contribution < -0.4 is 9.64 Å². The first-order valence-electron chi connectivity index (χ1n) is 12.4. The molecule has 0 bridgehead atoms. The highest BCUT2D eigenvalue weighted by atomic mass is 16.6. The fourth-order valence-electron chi connectivity index (χ4n) is 7.72. The van der Waals surface area contributed by atoms with E-state index in [4.69, 9.17) is 14.2 Å². The molecule has 5 fully saturated rings. The maximum absolute atomic E-state index is 13.0. The fourth-order valence-corrected chi connectivity index (χ4v) is 7.72. The van der Waals surface area contributed by atoms with Crippen molar-refractivity contribution in [3.63, 3.8) is 0 Å². The lowest BCUT2D eigenvalue weighted by atomic mass is 9.53. The van der Waals surface area contributed by atoms with E-state index in [0.29, 0.717) is 5.92 Å². The second-order valence-electron chi connectivity index (χ2n) is 11.0. The number of methoxy groups -OCH3 is 1. The van der Waals surface area contributed by atoms with E-state index in [-0.39, 0.29) is 41.0 Å². The summed E-state index contributed by atoms with van der Waals surface area (Å²) in [7, 11) is 1.71. The van der Waals surface area contributed by atoms with Crippen LogP contribution in [0.4, 0.5) is 5.69 Å². The number of fused-ring (bicyclic) bond motifs is 2. The van der Waals surface area contributed by atoms with E-state index in [0.717, 1.165) is 44.9 Å². The molecule has 0 radical (unpaired) electrons. The lowest BCUT2D eigenvalue weighted by Gasteiger charge is -2.49. The van der Waals surface area contributed by atoms with Gasteiger partial charge in [-0.05, 0) is 37.3 Å². The van der Waals surface area contributed by atoms with Crippen molar-refractivity contribution < 1.29 is 19.0 Å². The zero-order valence-corrected chi connectivity index (χ0v) is 19.6. The van der Waals surface area contributed by atoms with Crippen molar-refractivity contribution in [2.24, 2.45) is 23.2 Å². The summed E-state index contributed by atoms with van der Waals surface area (Å²) in [5.74, 6) is 1.66. The van der Waals surface area contributed by atoms with Gasteiger partial charge in [0.1, 0.15) is 17.5 Å². The topological polar surface area (TPSA) is 54.5 Å². The minimum absolute atomic E-state index is 0.00998. The Balaban J connectivity index is 1.13. The fraction of sp³-hybridized carbons (Fsp3) is 0.731. The van der Waals surface area contributed by atoms with E-state index in [1.54, 1.807) is 7.11 Å². The number of esters is 1. The summed E-state index contributed by atoms with van der Waals surface area (Å²) in [4.78, 5) is 17.9. The number of hydrogen-bond donors (Lipinski definition) is 0. The van der Waals surface area contributed by atoms with Gasteiger partial charge in [0, 0.05) is 55.8 Å². The third-order valence-corrected chi connectivity index (χ3v) is 9.44. The van der Waals surface area contributed by atoms with Crippen molar-refractivity contribution in [1.82, 2.24) is 4.90 Å². The molecule has 2 aliphatic carbocycles. The molecule has 6 rings (SSSR count). The minimum Gasteiger partial charge on any atom is -0.497 e. The van der Waals surface area contributed by atoms with Crippen molar-refractivity contribution in [1.29, 1.82) is 0 Å². The van der Waals surface area contributed by atoms with Crippen LogP contribution >= 0.6 is 0 Å². The summed E-state index contributed by atoms with van der Waals surface area (Å²) in [5.41, 5.74) is 1.35. The zero-order valence-electron chi connectivity index (χ0n) is 19.6. The molecule has 3 aliphatic heterocycles. The van der Waals surface area contributed by atoms with Crippen molar-refractivity contribution in [2.45, 2.75) is 57.3 Å². The quantitative estimate of drug-likeness (QED) is 0.529. The molecular formula is C26H36N2O4. The summed E-state index contributed by atoms with van der Waals surface area (Å²) in [5, 5.41) is 0. The SMILES string of the molecule is COc1cccc(N2CCN(C[C@H]3C(=O)O[C@@H]4C[C@@]5(C)CCC[C@H](C)[C@@]56O[C@@H]6[C@@H]43)CC2)c1. The number of benzene rings is 1. The first-order valence-corrected chi connectivity index (χ1v) is 12.4. The smallest absolute Gasteiger partial charge is 0.311 e. The minimum atomic E-state index is -0.0496. The Bertz CT molecular complexity index is 900. The standard InChI is InChI=1S/C26H36N2O4/c1-17-6-5-9-25(2)15-21-22(23-26(17,25)32-23)20(24(29)31-21)16-27-10-12-28(13-11-27)18-7-4-8-19(14-18)30-3/h4,7-8,14,17,20-23H,5-6,9-13,15-16H2,1-3H3/t17-,20+,21+,22+,23+,25+,26-/m0/s1. The van der Waals surface area contributed by atoms with E-state index in [1.807, 2.05) is 12.1 Å². The average molecular weight is 441 g/mol. The van der Waals surface area contributed by atoms with Gasteiger partial charge in [-0.25, -0.2) is 0 Å². The van der Waals surface area contributed by atoms with Crippen LogP contribution in [-0.4, -0.2) is 68.5 Å². The van der Waals surface area contributed by atoms with E-state index < -0.39 is 0 Å². The highest BCUT2D eigenvalue weighted by Crippen LogP contribution is 2.70. The van der Waals surface area contributed by atoms with E-state index >= 15 is 0 Å². The predicted octanol–water partition coefficient (Wildman–Crippen LogP) is 3.34. The molecule has 5 aliphatic rings. The van der Waals surface area contributed by atoms with E-state index in [1.165, 1.54) is 24.9 Å². The Morgan fingerprint density at radius 1 is 1.22 bits per heavy atom. The number of ether oxygens (including phenoxy) is 3. The van der Waals surface area contributed by atoms with Crippen LogP contribution in [0.1, 0.15) is 39.5 Å². The zero-order chi connectivity index (χ0) is 22.1. The molecule has 1 aromatic carbocycles. The molecule has 2 saturated carbocycles. The largest absolute Gasteiger partial charge is 0.497 e. The first kappa shape index (κ1) is 20.8. The molecule has 0 unspecified atom stereocenters. The lowest BCUT2D eigenvalue weighted by molar-refractivity contribution is -0.146. The first-order chi connectivity index (χ1) is 15.4. The number of epoxide rings is 1. The van der Waals surface area contributed by atoms with Crippen molar-refractivity contribution in [3.05, 3.63) is 24.3 Å². The molecule has 0 amide bonds. The van der Waals surface area contributed by atoms with E-state index in [9.17, 15) is 4.79 Å². The van der Waals surface area contributed by atoms with Gasteiger partial charge in [0.25, 0.3) is 0 Å². The molecule has 174 valence electrons. The van der Waals surface area contributed by atoms with Gasteiger partial charge in [-0.1, -0.05) is 26.3 Å². The van der Waals surface area contributed by atoms with Gasteiger partial charge >= 0.3 is 5.97 Å². The Hall–Kier alpha value is -1.79. The van der Waals surface area contributed by atoms with Gasteiger partial charge in [-0.3, -0.25) is 9.69 Å². The van der Waals surface area contributed by atoms with E-state index in [2.05, 4.69) is 35.8 Å². The number of nitrogens with zero attached hydrogens (tertiary/aromatic N) is 2. The molecule has 3 heterocycles. The van der Waals surface area contributed by atoms with Gasteiger partial charge < -0.3 is 19.1 Å². The van der Waals surface area contributed by atoms with Crippen molar-refractivity contribution in [2.75, 3.05) is 44.7 Å². The molecule has 0 N–H and O–H groups in total. The van der Waals surface area contributed by atoms with Gasteiger partial charge in [0.05, 0.1) is 19.1 Å². The monoisotopic (exact) mass is 440 g/mol. The Morgan fingerprint density at radius 3 is 2.81 bits per heavy atom. The number of anilines is 1. The molecule has 1 spiro atoms. The van der Waals surface area contributed by atoms with Gasteiger partial charge in [0.2, 0.25) is 0 Å². The number of carbonyl (C=O) groups is 1. The van der Waals surface area contributed by atoms with Crippen LogP contribution in [0.3, 0.4) is 0 Å². The normalized spacial score (nSPS) is 43.2. The summed E-state index contributed by atoms with van der Waals surface area (Å²) in [6.45, 7) is 9.39.